The highest BCUT2D eigenvalue weighted by molar-refractivity contribution is 7.47. The van der Waals surface area contributed by atoms with E-state index in [1.54, 1.807) is 0 Å². The molecular weight excluding hydrogens is 830 g/mol. The van der Waals surface area contributed by atoms with Crippen LogP contribution in [0.5, 0.6) is 0 Å². The predicted octanol–water partition coefficient (Wildman–Crippen LogP) is 18.0. The molecule has 390 valence electrons. The quantitative estimate of drug-likeness (QED) is 0.0281. The third-order valence-electron chi connectivity index (χ3n) is 13.2. The predicted molar refractivity (Wildman–Crippen MR) is 280 cm³/mol. The van der Waals surface area contributed by atoms with Crippen LogP contribution in [0, 0.1) is 0 Å². The van der Waals surface area contributed by atoms with Crippen LogP contribution < -0.4 is 0 Å². The van der Waals surface area contributed by atoms with E-state index in [1.165, 1.54) is 244 Å². The molecule has 0 aromatic carbocycles. The van der Waals surface area contributed by atoms with Gasteiger partial charge in [-0.05, 0) is 12.8 Å². The second-order valence-electron chi connectivity index (χ2n) is 21.0. The van der Waals surface area contributed by atoms with Gasteiger partial charge in [0.05, 0.1) is 34.4 Å². The third-order valence-corrected chi connectivity index (χ3v) is 14.2. The van der Waals surface area contributed by atoms with Crippen molar-refractivity contribution in [3.8, 4) is 0 Å². The summed E-state index contributed by atoms with van der Waals surface area (Å²) in [6.45, 7) is 5.72. The number of phosphoric acid groups is 1. The third kappa shape index (κ3) is 54.3. The zero-order valence-corrected chi connectivity index (χ0v) is 45.4. The van der Waals surface area contributed by atoms with Gasteiger partial charge >= 0.3 is 13.8 Å². The molecule has 0 aliphatic rings. The second-order valence-corrected chi connectivity index (χ2v) is 22.5. The molecule has 0 bridgehead atoms. The van der Waals surface area contributed by atoms with Gasteiger partial charge in [-0.3, -0.25) is 13.8 Å². The fraction of sp³-hybridized carbons (Fsp3) is 0.982. The molecule has 0 aliphatic carbocycles. The Balaban J connectivity index is 3.99. The highest BCUT2D eigenvalue weighted by atomic mass is 31.2. The highest BCUT2D eigenvalue weighted by Crippen LogP contribution is 2.43. The number of nitrogens with zero attached hydrogens (tertiary/aromatic N) is 1. The van der Waals surface area contributed by atoms with Crippen molar-refractivity contribution in [2.45, 2.75) is 302 Å². The van der Waals surface area contributed by atoms with Crippen LogP contribution in [0.1, 0.15) is 296 Å². The van der Waals surface area contributed by atoms with E-state index in [4.69, 9.17) is 18.5 Å². The van der Waals surface area contributed by atoms with E-state index in [-0.39, 0.29) is 25.8 Å². The maximum atomic E-state index is 12.8. The Morgan fingerprint density at radius 2 is 0.708 bits per heavy atom. The Kier molecular flexibility index (Phi) is 49.5. The molecule has 0 radical (unpaired) electrons. The number of esters is 1. The van der Waals surface area contributed by atoms with E-state index >= 15 is 0 Å². The highest BCUT2D eigenvalue weighted by Gasteiger charge is 2.26. The summed E-state index contributed by atoms with van der Waals surface area (Å²) in [6, 6.07) is 0. The first kappa shape index (κ1) is 64.5. The van der Waals surface area contributed by atoms with E-state index in [0.29, 0.717) is 24.1 Å². The molecule has 2 atom stereocenters. The number of carbonyl (C=O) groups excluding carboxylic acids is 1. The molecule has 0 saturated heterocycles. The van der Waals surface area contributed by atoms with Gasteiger partial charge in [0.1, 0.15) is 19.3 Å². The number of rotatable bonds is 55. The van der Waals surface area contributed by atoms with E-state index in [0.717, 1.165) is 32.1 Å². The molecule has 0 heterocycles. The largest absolute Gasteiger partial charge is 0.472 e. The van der Waals surface area contributed by atoms with Crippen LogP contribution in [0.15, 0.2) is 0 Å². The van der Waals surface area contributed by atoms with Crippen LogP contribution in [0.25, 0.3) is 0 Å². The van der Waals surface area contributed by atoms with Crippen LogP contribution in [-0.4, -0.2) is 75.6 Å². The number of carbonyl (C=O) groups is 1. The van der Waals surface area contributed by atoms with Crippen LogP contribution in [0.3, 0.4) is 0 Å². The molecule has 0 aliphatic heterocycles. The van der Waals surface area contributed by atoms with Gasteiger partial charge in [-0.25, -0.2) is 4.57 Å². The van der Waals surface area contributed by atoms with Crippen molar-refractivity contribution in [2.75, 3.05) is 54.1 Å². The van der Waals surface area contributed by atoms with Gasteiger partial charge in [0.15, 0.2) is 0 Å². The average molecular weight is 946 g/mol. The summed E-state index contributed by atoms with van der Waals surface area (Å²) in [5.41, 5.74) is 0. The number of ether oxygens (including phenoxy) is 2. The molecule has 9 heteroatoms. The molecular formula is C56H115NO7P+. The number of likely N-dealkylation sites (N-methyl/N-ethyl adjacent to an activating group) is 1. The Morgan fingerprint density at radius 3 is 1.02 bits per heavy atom. The Hall–Kier alpha value is -0.500. The fourth-order valence-corrected chi connectivity index (χ4v) is 9.48. The van der Waals surface area contributed by atoms with E-state index < -0.39 is 13.9 Å². The van der Waals surface area contributed by atoms with Gasteiger partial charge in [0.25, 0.3) is 0 Å². The topological polar surface area (TPSA) is 91.3 Å². The van der Waals surface area contributed by atoms with Crippen molar-refractivity contribution < 1.29 is 37.3 Å². The van der Waals surface area contributed by atoms with E-state index in [2.05, 4.69) is 13.8 Å². The molecule has 0 aromatic rings. The molecule has 0 fully saturated rings. The van der Waals surface area contributed by atoms with Crippen LogP contribution in [0.2, 0.25) is 0 Å². The van der Waals surface area contributed by atoms with Gasteiger partial charge in [0.2, 0.25) is 0 Å². The molecule has 65 heavy (non-hydrogen) atoms. The smallest absolute Gasteiger partial charge is 0.457 e. The van der Waals surface area contributed by atoms with Crippen molar-refractivity contribution in [3.63, 3.8) is 0 Å². The van der Waals surface area contributed by atoms with Crippen molar-refractivity contribution in [1.82, 2.24) is 0 Å². The molecule has 0 rings (SSSR count). The summed E-state index contributed by atoms with van der Waals surface area (Å²) in [5, 5.41) is 0. The number of phosphoric ester groups is 1. The van der Waals surface area contributed by atoms with Crippen LogP contribution in [0.4, 0.5) is 0 Å². The fourth-order valence-electron chi connectivity index (χ4n) is 8.73. The lowest BCUT2D eigenvalue weighted by molar-refractivity contribution is -0.870. The minimum Gasteiger partial charge on any atom is -0.457 e. The SMILES string of the molecule is CCCCCCCCCCCCCCCCCCCCCCCCCCCC(=O)O[C@H](COCCCCCCCCCCCCCCCCCCCC)COP(=O)(O)OCC[N+](C)(C)C. The molecule has 0 saturated carbocycles. The lowest BCUT2D eigenvalue weighted by Crippen LogP contribution is -2.37. The van der Waals surface area contributed by atoms with Gasteiger partial charge < -0.3 is 18.9 Å². The Morgan fingerprint density at radius 1 is 0.415 bits per heavy atom. The van der Waals surface area contributed by atoms with Gasteiger partial charge in [-0.15, -0.1) is 0 Å². The minimum absolute atomic E-state index is 0.0944. The zero-order chi connectivity index (χ0) is 47.6. The first-order valence-electron chi connectivity index (χ1n) is 28.8. The average Bonchev–Trinajstić information content (AvgIpc) is 3.27. The van der Waals surface area contributed by atoms with Crippen LogP contribution in [-0.2, 0) is 27.9 Å². The summed E-state index contributed by atoms with van der Waals surface area (Å²) >= 11 is 0. The molecule has 0 amide bonds. The van der Waals surface area contributed by atoms with Crippen molar-refractivity contribution in [2.24, 2.45) is 0 Å². The summed E-state index contributed by atoms with van der Waals surface area (Å²) in [7, 11) is 1.69. The lowest BCUT2D eigenvalue weighted by Gasteiger charge is -2.24. The standard InChI is InChI=1S/C56H114NO7P/c1-6-8-10-12-14-16-18-20-22-24-26-27-28-29-30-31-32-33-35-37-39-41-43-45-47-49-56(58)64-55(54-63-65(59,60)62-52-50-57(3,4)5)53-61-51-48-46-44-42-40-38-36-34-25-23-21-19-17-15-13-11-9-7-2/h55H,6-54H2,1-5H3/p+1/t55-/m1/s1. The maximum Gasteiger partial charge on any atom is 0.472 e. The minimum atomic E-state index is -4.28. The molecule has 0 aromatic heterocycles. The molecule has 1 unspecified atom stereocenters. The van der Waals surface area contributed by atoms with Crippen molar-refractivity contribution >= 4 is 13.8 Å². The normalized spacial score (nSPS) is 13.4. The molecule has 1 N–H and O–H groups in total. The maximum absolute atomic E-state index is 12.8. The van der Waals surface area contributed by atoms with Crippen LogP contribution >= 0.6 is 7.82 Å². The first-order valence-corrected chi connectivity index (χ1v) is 30.3. The van der Waals surface area contributed by atoms with Crippen molar-refractivity contribution in [1.29, 1.82) is 0 Å². The van der Waals surface area contributed by atoms with Gasteiger partial charge in [-0.1, -0.05) is 277 Å². The zero-order valence-electron chi connectivity index (χ0n) is 44.5. The molecule has 8 nitrogen and oxygen atoms in total. The second kappa shape index (κ2) is 49.9. The van der Waals surface area contributed by atoms with Crippen molar-refractivity contribution in [3.05, 3.63) is 0 Å². The van der Waals surface area contributed by atoms with E-state index in [1.807, 2.05) is 21.1 Å². The van der Waals surface area contributed by atoms with E-state index in [9.17, 15) is 14.3 Å². The lowest BCUT2D eigenvalue weighted by atomic mass is 10.0. The van der Waals surface area contributed by atoms with Gasteiger partial charge in [-0.2, -0.15) is 0 Å². The number of hydrogen-bond donors (Lipinski definition) is 1. The monoisotopic (exact) mass is 945 g/mol. The summed E-state index contributed by atoms with van der Waals surface area (Å²) < 4.78 is 35.3. The number of unbranched alkanes of at least 4 members (excludes halogenated alkanes) is 41. The summed E-state index contributed by atoms with van der Waals surface area (Å²) in [4.78, 5) is 23.1. The number of hydrogen-bond acceptors (Lipinski definition) is 6. The summed E-state index contributed by atoms with van der Waals surface area (Å²) in [6.07, 6.45) is 57.4. The summed E-state index contributed by atoms with van der Waals surface area (Å²) in [5.74, 6) is -0.303. The number of quaternary nitrogens is 1. The Labute approximate surface area is 406 Å². The first-order chi connectivity index (χ1) is 31.6. The molecule has 0 spiro atoms. The Bertz CT molecular complexity index is 1010. The van der Waals surface area contributed by atoms with Gasteiger partial charge in [0, 0.05) is 13.0 Å².